The van der Waals surface area contributed by atoms with Gasteiger partial charge in [-0.2, -0.15) is 0 Å². The normalized spacial score (nSPS) is 9.80. The summed E-state index contributed by atoms with van der Waals surface area (Å²) in [4.78, 5) is 1.37. The molecule has 0 unspecified atom stereocenters. The summed E-state index contributed by atoms with van der Waals surface area (Å²) in [5, 5.41) is 0. The van der Waals surface area contributed by atoms with Crippen LogP contribution >= 0.6 is 7.92 Å². The van der Waals surface area contributed by atoms with Crippen LogP contribution in [0, 0.1) is 0 Å². The van der Waals surface area contributed by atoms with Crippen molar-refractivity contribution in [2.45, 2.75) is 0 Å². The molecule has 0 heterocycles. The molecule has 0 nitrogen and oxygen atoms in total. The first-order valence-corrected chi connectivity index (χ1v) is 4.34. The molecule has 0 aliphatic heterocycles. The third-order valence-corrected chi connectivity index (χ3v) is 1.90. The molecule has 0 radical (unpaired) electrons. The molecule has 0 atom stereocenters. The average molecular weight is 82.0 g/mol. The second-order valence-electron chi connectivity index (χ2n) is 1.40. The Bertz CT molecular complexity index is 20.9. The van der Waals surface area contributed by atoms with Gasteiger partial charge in [0.15, 0.2) is 0 Å². The molecule has 26 valence electrons. The molecule has 0 spiro atoms. The summed E-state index contributed by atoms with van der Waals surface area (Å²) in [6.07, 6.45) is 0. The topological polar surface area (TPSA) is 0 Å². The Morgan fingerprint density at radius 1 is 1.60 bits per heavy atom. The summed E-state index contributed by atoms with van der Waals surface area (Å²) in [5.74, 6) is 0. The van der Waals surface area contributed by atoms with Crippen LogP contribution in [-0.4, -0.2) is 35.9 Å². The van der Waals surface area contributed by atoms with Crippen LogP contribution < -0.4 is 0 Å². The maximum atomic E-state index is 2.29. The second-order valence-corrected chi connectivity index (χ2v) is 4.19. The zero-order chi connectivity index (χ0) is 4.28. The van der Waals surface area contributed by atoms with Crippen LogP contribution in [0.4, 0.5) is 0 Å². The molecule has 0 rings (SSSR count). The van der Waals surface area contributed by atoms with E-state index in [1.165, 1.54) is 4.83 Å². The van der Waals surface area contributed by atoms with E-state index in [1.54, 1.807) is 0 Å². The van der Waals surface area contributed by atoms with Gasteiger partial charge in [0.25, 0.3) is 0 Å². The van der Waals surface area contributed by atoms with Crippen molar-refractivity contribution in [1.82, 2.24) is 0 Å². The van der Waals surface area contributed by atoms with Crippen molar-refractivity contribution in [1.29, 1.82) is 0 Å². The molecule has 2 heteroatoms. The van der Waals surface area contributed by atoms with E-state index < -0.39 is 0 Å². The van der Waals surface area contributed by atoms with Crippen molar-refractivity contribution in [3.05, 3.63) is 0 Å². The van der Waals surface area contributed by atoms with Crippen LogP contribution in [0.5, 0.6) is 0 Å². The fraction of sp³-hybridized carbons (Fsp3) is 1.00. The SMILES string of the molecule is [Li][CH2]P(C)C. The van der Waals surface area contributed by atoms with E-state index in [4.69, 9.17) is 0 Å². The Hall–Kier alpha value is 1.03. The molecule has 0 bridgehead atoms. The van der Waals surface area contributed by atoms with E-state index in [0.717, 1.165) is 0 Å². The van der Waals surface area contributed by atoms with Crippen LogP contribution in [-0.2, 0) is 0 Å². The van der Waals surface area contributed by atoms with Crippen LogP contribution in [0.1, 0.15) is 0 Å². The maximum absolute atomic E-state index is 2.29. The Kier molecular flexibility index (Phi) is 3.89. The van der Waals surface area contributed by atoms with Crippen LogP contribution in [0.15, 0.2) is 0 Å². The van der Waals surface area contributed by atoms with E-state index in [1.807, 2.05) is 0 Å². The fourth-order valence-corrected chi connectivity index (χ4v) is 0. The van der Waals surface area contributed by atoms with E-state index in [0.29, 0.717) is 7.92 Å². The van der Waals surface area contributed by atoms with E-state index >= 15 is 0 Å². The van der Waals surface area contributed by atoms with Gasteiger partial charge in [-0.25, -0.2) is 0 Å². The standard InChI is InChI=1S/C3H8P.Li/c1-4(2)3;/h1H2,2-3H3;. The first-order chi connectivity index (χ1) is 2.27. The summed E-state index contributed by atoms with van der Waals surface area (Å²) in [6.45, 7) is 4.57. The van der Waals surface area contributed by atoms with E-state index in [-0.39, 0.29) is 0 Å². The average Bonchev–Trinajstić information content (AvgIpc) is 1.38. The summed E-state index contributed by atoms with van der Waals surface area (Å²) in [6, 6.07) is 0. The predicted octanol–water partition coefficient (Wildman–Crippen LogP) is 0.854. The van der Waals surface area contributed by atoms with Crippen LogP contribution in [0.2, 0.25) is 0 Å². The van der Waals surface area contributed by atoms with Gasteiger partial charge in [0.05, 0.1) is 0 Å². The van der Waals surface area contributed by atoms with Gasteiger partial charge < -0.3 is 0 Å². The Labute approximate surface area is 44.3 Å². The Morgan fingerprint density at radius 2 is 1.80 bits per heavy atom. The van der Waals surface area contributed by atoms with Gasteiger partial charge in [-0.1, -0.05) is 0 Å². The van der Waals surface area contributed by atoms with Crippen molar-refractivity contribution in [3.63, 3.8) is 0 Å². The molecule has 0 aliphatic carbocycles. The molecule has 0 saturated carbocycles. The van der Waals surface area contributed by atoms with Crippen LogP contribution in [0.25, 0.3) is 0 Å². The molecule has 0 fully saturated rings. The van der Waals surface area contributed by atoms with Gasteiger partial charge in [-0.15, -0.1) is 0 Å². The molecule has 0 saturated heterocycles. The molecule has 0 N–H and O–H groups in total. The van der Waals surface area contributed by atoms with E-state index in [2.05, 4.69) is 31.0 Å². The molecular weight excluding hydrogens is 73.9 g/mol. The predicted molar refractivity (Wildman–Crippen MR) is 29.4 cm³/mol. The quantitative estimate of drug-likeness (QED) is 0.325. The van der Waals surface area contributed by atoms with Crippen LogP contribution in [0.3, 0.4) is 0 Å². The van der Waals surface area contributed by atoms with Gasteiger partial charge in [-0.05, 0) is 0 Å². The summed E-state index contributed by atoms with van der Waals surface area (Å²) in [5.41, 5.74) is 0. The first kappa shape index (κ1) is 6.03. The van der Waals surface area contributed by atoms with Crippen molar-refractivity contribution in [3.8, 4) is 0 Å². The fourth-order valence-electron chi connectivity index (χ4n) is 0. The third-order valence-electron chi connectivity index (χ3n) is 0.632. The minimum absolute atomic E-state index is 0.402. The number of hydrogen-bond donors (Lipinski definition) is 0. The van der Waals surface area contributed by atoms with Crippen molar-refractivity contribution in [2.75, 3.05) is 18.2 Å². The molecule has 0 amide bonds. The third kappa shape index (κ3) is 5.03. The number of rotatable bonds is 1. The van der Waals surface area contributed by atoms with Crippen molar-refractivity contribution in [2.24, 2.45) is 0 Å². The van der Waals surface area contributed by atoms with Gasteiger partial charge in [-0.3, -0.25) is 0 Å². The first-order valence-electron chi connectivity index (χ1n) is 1.92. The Balaban J connectivity index is 2.54. The Morgan fingerprint density at radius 3 is 1.80 bits per heavy atom. The van der Waals surface area contributed by atoms with Gasteiger partial charge >= 0.3 is 43.8 Å². The molecule has 0 aliphatic rings. The summed E-state index contributed by atoms with van der Waals surface area (Å²) >= 11 is 2.23. The van der Waals surface area contributed by atoms with E-state index in [9.17, 15) is 0 Å². The molecule has 5 heavy (non-hydrogen) atoms. The summed E-state index contributed by atoms with van der Waals surface area (Å²) < 4.78 is 0. The molecular formula is C3H8LiP. The zero-order valence-corrected chi connectivity index (χ0v) is 5.05. The van der Waals surface area contributed by atoms with Gasteiger partial charge in [0.2, 0.25) is 0 Å². The molecule has 0 aromatic carbocycles. The van der Waals surface area contributed by atoms with Crippen molar-refractivity contribution >= 4 is 25.6 Å². The monoisotopic (exact) mass is 82.1 g/mol. The van der Waals surface area contributed by atoms with Crippen molar-refractivity contribution < 1.29 is 0 Å². The van der Waals surface area contributed by atoms with Gasteiger partial charge in [0, 0.05) is 0 Å². The molecule has 0 aromatic rings. The minimum atomic E-state index is 0.402. The van der Waals surface area contributed by atoms with Gasteiger partial charge in [0.1, 0.15) is 0 Å². The summed E-state index contributed by atoms with van der Waals surface area (Å²) in [7, 11) is 0.402. The zero-order valence-electron chi connectivity index (χ0n) is 4.15. The second kappa shape index (κ2) is 3.23. The molecule has 0 aromatic heterocycles. The number of hydrogen-bond acceptors (Lipinski definition) is 0.